The van der Waals surface area contributed by atoms with E-state index in [1.165, 1.54) is 13.2 Å². The number of benzene rings is 1. The smallest absolute Gasteiger partial charge is 0.330 e. The van der Waals surface area contributed by atoms with Gasteiger partial charge in [-0.05, 0) is 11.6 Å². The van der Waals surface area contributed by atoms with Crippen LogP contribution in [0.15, 0.2) is 30.3 Å². The molecule has 1 aromatic carbocycles. The molecule has 0 fully saturated rings. The van der Waals surface area contributed by atoms with E-state index in [2.05, 4.69) is 4.74 Å². The lowest BCUT2D eigenvalue weighted by atomic mass is 10.1. The average molecular weight is 236 g/mol. The van der Waals surface area contributed by atoms with E-state index in [1.54, 1.807) is 20.3 Å². The van der Waals surface area contributed by atoms with Crippen molar-refractivity contribution < 1.29 is 19.0 Å². The van der Waals surface area contributed by atoms with Gasteiger partial charge in [-0.3, -0.25) is 0 Å². The lowest BCUT2D eigenvalue weighted by molar-refractivity contribution is -0.134. The van der Waals surface area contributed by atoms with Crippen molar-refractivity contribution >= 4 is 12.0 Å². The molecule has 0 unspecified atom stereocenters. The van der Waals surface area contributed by atoms with Crippen molar-refractivity contribution in [1.82, 2.24) is 0 Å². The molecule has 0 atom stereocenters. The summed E-state index contributed by atoms with van der Waals surface area (Å²) in [7, 11) is 4.51. The van der Waals surface area contributed by atoms with E-state index >= 15 is 0 Å². The molecule has 0 aliphatic heterocycles. The van der Waals surface area contributed by atoms with Crippen molar-refractivity contribution in [3.63, 3.8) is 0 Å². The van der Waals surface area contributed by atoms with Gasteiger partial charge in [0.15, 0.2) is 6.29 Å². The molecule has 4 heteroatoms. The zero-order valence-corrected chi connectivity index (χ0v) is 10.2. The first-order chi connectivity index (χ1) is 8.21. The summed E-state index contributed by atoms with van der Waals surface area (Å²) in [6.07, 6.45) is 2.69. The number of carbonyl (C=O) groups excluding carboxylic acids is 1. The number of hydrogen-bond acceptors (Lipinski definition) is 4. The Balaban J connectivity index is 2.74. The second-order valence-corrected chi connectivity index (χ2v) is 3.33. The van der Waals surface area contributed by atoms with Gasteiger partial charge in [0, 0.05) is 25.9 Å². The molecular formula is C13H16O4. The Morgan fingerprint density at radius 3 is 2.18 bits per heavy atom. The van der Waals surface area contributed by atoms with Gasteiger partial charge in [0.05, 0.1) is 7.11 Å². The third kappa shape index (κ3) is 4.01. The van der Waals surface area contributed by atoms with Crippen LogP contribution in [0.4, 0.5) is 0 Å². The number of methoxy groups -OCH3 is 3. The van der Waals surface area contributed by atoms with E-state index in [0.717, 1.165) is 11.1 Å². The van der Waals surface area contributed by atoms with Crippen LogP contribution in [-0.2, 0) is 19.0 Å². The molecule has 0 saturated carbocycles. The van der Waals surface area contributed by atoms with E-state index in [0.29, 0.717) is 0 Å². The highest BCUT2D eigenvalue weighted by molar-refractivity contribution is 5.86. The van der Waals surface area contributed by atoms with Crippen LogP contribution in [0.5, 0.6) is 0 Å². The molecule has 0 saturated heterocycles. The molecule has 0 radical (unpaired) electrons. The second-order valence-electron chi connectivity index (χ2n) is 3.33. The first-order valence-corrected chi connectivity index (χ1v) is 5.13. The maximum atomic E-state index is 10.9. The number of hydrogen-bond donors (Lipinski definition) is 0. The van der Waals surface area contributed by atoms with Gasteiger partial charge in [-0.15, -0.1) is 0 Å². The van der Waals surface area contributed by atoms with Crippen LogP contribution >= 0.6 is 0 Å². The SMILES string of the molecule is COC(=O)/C=C/c1ccc(C(OC)OC)cc1. The second kappa shape index (κ2) is 6.83. The number of ether oxygens (including phenoxy) is 3. The fourth-order valence-electron chi connectivity index (χ4n) is 1.36. The monoisotopic (exact) mass is 236 g/mol. The highest BCUT2D eigenvalue weighted by Crippen LogP contribution is 2.17. The van der Waals surface area contributed by atoms with Crippen LogP contribution in [0.25, 0.3) is 6.08 Å². The van der Waals surface area contributed by atoms with Gasteiger partial charge in [0.1, 0.15) is 0 Å². The highest BCUT2D eigenvalue weighted by Gasteiger charge is 2.07. The number of rotatable bonds is 5. The minimum absolute atomic E-state index is 0.367. The molecule has 1 aromatic rings. The highest BCUT2D eigenvalue weighted by atomic mass is 16.7. The zero-order valence-electron chi connectivity index (χ0n) is 10.2. The van der Waals surface area contributed by atoms with Gasteiger partial charge in [0.25, 0.3) is 0 Å². The molecule has 0 aliphatic carbocycles. The van der Waals surface area contributed by atoms with Crippen LogP contribution in [-0.4, -0.2) is 27.3 Å². The fraction of sp³-hybridized carbons (Fsp3) is 0.308. The van der Waals surface area contributed by atoms with E-state index < -0.39 is 0 Å². The molecule has 0 N–H and O–H groups in total. The van der Waals surface area contributed by atoms with E-state index in [1.807, 2.05) is 24.3 Å². The predicted molar refractivity (Wildman–Crippen MR) is 64.3 cm³/mol. The number of carbonyl (C=O) groups is 1. The van der Waals surface area contributed by atoms with Gasteiger partial charge < -0.3 is 14.2 Å². The van der Waals surface area contributed by atoms with Crippen molar-refractivity contribution in [2.75, 3.05) is 21.3 Å². The third-order valence-electron chi connectivity index (χ3n) is 2.25. The van der Waals surface area contributed by atoms with Crippen LogP contribution in [0, 0.1) is 0 Å². The van der Waals surface area contributed by atoms with Crippen molar-refractivity contribution in [3.8, 4) is 0 Å². The molecular weight excluding hydrogens is 220 g/mol. The lowest BCUT2D eigenvalue weighted by Gasteiger charge is -2.13. The molecule has 92 valence electrons. The Kier molecular flexibility index (Phi) is 5.39. The van der Waals surface area contributed by atoms with E-state index in [9.17, 15) is 4.79 Å². The van der Waals surface area contributed by atoms with Gasteiger partial charge in [0.2, 0.25) is 0 Å². The van der Waals surface area contributed by atoms with E-state index in [-0.39, 0.29) is 12.3 Å². The normalized spacial score (nSPS) is 11.1. The molecule has 0 aromatic heterocycles. The molecule has 0 spiro atoms. The summed E-state index contributed by atoms with van der Waals surface area (Å²) in [5, 5.41) is 0. The maximum absolute atomic E-state index is 10.9. The summed E-state index contributed by atoms with van der Waals surface area (Å²) < 4.78 is 14.8. The van der Waals surface area contributed by atoms with Gasteiger partial charge in [-0.2, -0.15) is 0 Å². The minimum atomic E-state index is -0.374. The molecule has 0 bridgehead atoms. The summed E-state index contributed by atoms with van der Waals surface area (Å²) in [5.41, 5.74) is 1.83. The minimum Gasteiger partial charge on any atom is -0.466 e. The van der Waals surface area contributed by atoms with Crippen LogP contribution in [0.1, 0.15) is 17.4 Å². The van der Waals surface area contributed by atoms with Crippen molar-refractivity contribution in [2.45, 2.75) is 6.29 Å². The van der Waals surface area contributed by atoms with Crippen LogP contribution in [0.3, 0.4) is 0 Å². The Morgan fingerprint density at radius 1 is 1.12 bits per heavy atom. The summed E-state index contributed by atoms with van der Waals surface area (Å²) >= 11 is 0. The lowest BCUT2D eigenvalue weighted by Crippen LogP contribution is -2.03. The Hall–Kier alpha value is -1.65. The largest absolute Gasteiger partial charge is 0.466 e. The summed E-state index contributed by atoms with van der Waals surface area (Å²) in [5.74, 6) is -0.374. The first kappa shape index (κ1) is 13.4. The number of esters is 1. The summed E-state index contributed by atoms with van der Waals surface area (Å²) in [4.78, 5) is 10.9. The molecule has 0 amide bonds. The van der Waals surface area contributed by atoms with Crippen LogP contribution < -0.4 is 0 Å². The fourth-order valence-corrected chi connectivity index (χ4v) is 1.36. The average Bonchev–Trinajstić information content (AvgIpc) is 2.38. The van der Waals surface area contributed by atoms with Crippen molar-refractivity contribution in [3.05, 3.63) is 41.5 Å². The quantitative estimate of drug-likeness (QED) is 0.446. The van der Waals surface area contributed by atoms with Crippen molar-refractivity contribution in [2.24, 2.45) is 0 Å². The Morgan fingerprint density at radius 2 is 1.71 bits per heavy atom. The van der Waals surface area contributed by atoms with E-state index in [4.69, 9.17) is 9.47 Å². The molecule has 4 nitrogen and oxygen atoms in total. The first-order valence-electron chi connectivity index (χ1n) is 5.13. The van der Waals surface area contributed by atoms with Gasteiger partial charge >= 0.3 is 5.97 Å². The summed E-state index contributed by atoms with van der Waals surface area (Å²) in [6.45, 7) is 0. The zero-order chi connectivity index (χ0) is 12.7. The van der Waals surface area contributed by atoms with Crippen LogP contribution in [0.2, 0.25) is 0 Å². The Bertz CT molecular complexity index is 377. The Labute approximate surface area is 101 Å². The van der Waals surface area contributed by atoms with Crippen molar-refractivity contribution in [1.29, 1.82) is 0 Å². The molecule has 0 heterocycles. The molecule has 1 rings (SSSR count). The summed E-state index contributed by atoms with van der Waals surface area (Å²) in [6, 6.07) is 7.52. The topological polar surface area (TPSA) is 44.8 Å². The molecule has 0 aliphatic rings. The van der Waals surface area contributed by atoms with Gasteiger partial charge in [-0.25, -0.2) is 4.79 Å². The predicted octanol–water partition coefficient (Wildman–Crippen LogP) is 2.16. The van der Waals surface area contributed by atoms with Gasteiger partial charge in [-0.1, -0.05) is 24.3 Å². The standard InChI is InChI=1S/C13H16O4/c1-15-12(14)9-6-10-4-7-11(8-5-10)13(16-2)17-3/h4-9,13H,1-3H3/b9-6+. The third-order valence-corrected chi connectivity index (χ3v) is 2.25. The molecule has 17 heavy (non-hydrogen) atoms. The maximum Gasteiger partial charge on any atom is 0.330 e.